The summed E-state index contributed by atoms with van der Waals surface area (Å²) in [5, 5.41) is 0. The van der Waals surface area contributed by atoms with Crippen molar-refractivity contribution in [3.05, 3.63) is 23.9 Å². The molecular formula is C8H13NO2. The Hall–Kier alpha value is -0.800. The lowest BCUT2D eigenvalue weighted by atomic mass is 10.1. The minimum absolute atomic E-state index is 0.594. The zero-order valence-corrected chi connectivity index (χ0v) is 6.83. The van der Waals surface area contributed by atoms with E-state index in [1.807, 2.05) is 18.2 Å². The molecule has 0 fully saturated rings. The van der Waals surface area contributed by atoms with Crippen LogP contribution in [0.4, 0.5) is 0 Å². The van der Waals surface area contributed by atoms with Gasteiger partial charge in [0.1, 0.15) is 0 Å². The van der Waals surface area contributed by atoms with Crippen LogP contribution >= 0.6 is 0 Å². The van der Waals surface area contributed by atoms with E-state index in [2.05, 4.69) is 0 Å². The van der Waals surface area contributed by atoms with Crippen molar-refractivity contribution in [2.24, 2.45) is 5.73 Å². The molecule has 0 radical (unpaired) electrons. The van der Waals surface area contributed by atoms with Crippen molar-refractivity contribution in [3.8, 4) is 0 Å². The number of allylic oxidation sites excluding steroid dienone is 2. The van der Waals surface area contributed by atoms with Gasteiger partial charge in [-0.3, -0.25) is 0 Å². The molecule has 0 unspecified atom stereocenters. The first-order valence-corrected chi connectivity index (χ1v) is 3.46. The Labute approximate surface area is 66.5 Å². The predicted molar refractivity (Wildman–Crippen MR) is 42.8 cm³/mol. The van der Waals surface area contributed by atoms with E-state index >= 15 is 0 Å². The number of ether oxygens (including phenoxy) is 2. The summed E-state index contributed by atoms with van der Waals surface area (Å²) in [6.07, 6.45) is 6.13. The highest BCUT2D eigenvalue weighted by atomic mass is 16.7. The van der Waals surface area contributed by atoms with E-state index in [-0.39, 0.29) is 0 Å². The Bertz CT molecular complexity index is 192. The van der Waals surface area contributed by atoms with Crippen LogP contribution in [0.3, 0.4) is 0 Å². The smallest absolute Gasteiger partial charge is 0.192 e. The maximum Gasteiger partial charge on any atom is 0.192 e. The van der Waals surface area contributed by atoms with Crippen LogP contribution in [0.1, 0.15) is 6.42 Å². The van der Waals surface area contributed by atoms with E-state index in [0.29, 0.717) is 6.42 Å². The van der Waals surface area contributed by atoms with Gasteiger partial charge >= 0.3 is 0 Å². The van der Waals surface area contributed by atoms with Gasteiger partial charge in [0.2, 0.25) is 0 Å². The molecule has 1 aliphatic carbocycles. The Morgan fingerprint density at radius 1 is 1.45 bits per heavy atom. The second-order valence-electron chi connectivity index (χ2n) is 2.50. The van der Waals surface area contributed by atoms with E-state index < -0.39 is 5.79 Å². The number of rotatable bonds is 2. The van der Waals surface area contributed by atoms with E-state index in [4.69, 9.17) is 15.2 Å². The largest absolute Gasteiger partial charge is 0.402 e. The van der Waals surface area contributed by atoms with Crippen LogP contribution in [0, 0.1) is 0 Å². The van der Waals surface area contributed by atoms with E-state index in [9.17, 15) is 0 Å². The molecule has 0 atom stereocenters. The summed E-state index contributed by atoms with van der Waals surface area (Å²) in [6.45, 7) is 0. The molecule has 0 heterocycles. The molecule has 3 heteroatoms. The van der Waals surface area contributed by atoms with Crippen molar-refractivity contribution in [2.75, 3.05) is 14.2 Å². The first kappa shape index (κ1) is 8.30. The Balaban J connectivity index is 2.75. The average molecular weight is 155 g/mol. The van der Waals surface area contributed by atoms with Gasteiger partial charge in [0.15, 0.2) is 5.79 Å². The van der Waals surface area contributed by atoms with Crippen molar-refractivity contribution in [1.82, 2.24) is 0 Å². The molecule has 11 heavy (non-hydrogen) atoms. The van der Waals surface area contributed by atoms with Gasteiger partial charge in [-0.1, -0.05) is 6.08 Å². The molecule has 0 aliphatic heterocycles. The molecule has 1 aliphatic rings. The molecular weight excluding hydrogens is 142 g/mol. The molecule has 0 saturated heterocycles. The predicted octanol–water partition coefficient (Wildman–Crippen LogP) is 0.778. The minimum Gasteiger partial charge on any atom is -0.402 e. The zero-order chi connectivity index (χ0) is 8.32. The monoisotopic (exact) mass is 155 g/mol. The van der Waals surface area contributed by atoms with Crippen LogP contribution in [0.15, 0.2) is 23.9 Å². The lowest BCUT2D eigenvalue weighted by Crippen LogP contribution is -2.34. The summed E-state index contributed by atoms with van der Waals surface area (Å²) in [5.41, 5.74) is 6.39. The van der Waals surface area contributed by atoms with Crippen LogP contribution in [-0.2, 0) is 9.47 Å². The third-order valence-corrected chi connectivity index (χ3v) is 1.80. The molecule has 3 nitrogen and oxygen atoms in total. The fourth-order valence-corrected chi connectivity index (χ4v) is 1.08. The molecule has 1 rings (SSSR count). The summed E-state index contributed by atoms with van der Waals surface area (Å²) in [4.78, 5) is 0. The molecule has 0 aromatic rings. The molecule has 0 saturated carbocycles. The third-order valence-electron chi connectivity index (χ3n) is 1.80. The summed E-state index contributed by atoms with van der Waals surface area (Å²) in [7, 11) is 3.21. The molecule has 0 bridgehead atoms. The van der Waals surface area contributed by atoms with Crippen LogP contribution in [0.5, 0.6) is 0 Å². The van der Waals surface area contributed by atoms with Gasteiger partial charge in [-0.25, -0.2) is 0 Å². The summed E-state index contributed by atoms with van der Waals surface area (Å²) >= 11 is 0. The van der Waals surface area contributed by atoms with Crippen LogP contribution in [-0.4, -0.2) is 20.0 Å². The van der Waals surface area contributed by atoms with Crippen molar-refractivity contribution < 1.29 is 9.47 Å². The van der Waals surface area contributed by atoms with Gasteiger partial charge in [0.25, 0.3) is 0 Å². The first-order chi connectivity index (χ1) is 5.22. The molecule has 2 N–H and O–H groups in total. The number of hydrogen-bond donors (Lipinski definition) is 1. The highest BCUT2D eigenvalue weighted by Crippen LogP contribution is 2.24. The molecule has 62 valence electrons. The highest BCUT2D eigenvalue weighted by molar-refractivity contribution is 5.21. The fraction of sp³-hybridized carbons (Fsp3) is 0.500. The Morgan fingerprint density at radius 3 is 2.45 bits per heavy atom. The van der Waals surface area contributed by atoms with Crippen LogP contribution in [0.2, 0.25) is 0 Å². The first-order valence-electron chi connectivity index (χ1n) is 3.46. The fourth-order valence-electron chi connectivity index (χ4n) is 1.08. The van der Waals surface area contributed by atoms with Gasteiger partial charge in [-0.2, -0.15) is 0 Å². The number of methoxy groups -OCH3 is 2. The zero-order valence-electron chi connectivity index (χ0n) is 6.83. The van der Waals surface area contributed by atoms with E-state index in [1.54, 1.807) is 14.2 Å². The normalized spacial score (nSPS) is 21.5. The van der Waals surface area contributed by atoms with Gasteiger partial charge in [0, 0.05) is 26.3 Å². The summed E-state index contributed by atoms with van der Waals surface area (Å²) in [5.74, 6) is -0.640. The number of nitrogens with two attached hydrogens (primary N) is 1. The van der Waals surface area contributed by atoms with Crippen LogP contribution < -0.4 is 5.73 Å². The standard InChI is InChI=1S/C8H13NO2/c1-10-8(11-2)5-3-4-7(9)6-8/h3-5H,6,9H2,1-2H3. The highest BCUT2D eigenvalue weighted by Gasteiger charge is 2.28. The Morgan fingerprint density at radius 2 is 2.09 bits per heavy atom. The van der Waals surface area contributed by atoms with Crippen molar-refractivity contribution >= 4 is 0 Å². The molecule has 0 spiro atoms. The topological polar surface area (TPSA) is 44.5 Å². The molecule has 0 amide bonds. The molecule has 0 aromatic heterocycles. The lowest BCUT2D eigenvalue weighted by Gasteiger charge is -2.29. The van der Waals surface area contributed by atoms with Crippen LogP contribution in [0.25, 0.3) is 0 Å². The maximum absolute atomic E-state index is 5.61. The third kappa shape index (κ3) is 1.61. The summed E-state index contributed by atoms with van der Waals surface area (Å²) in [6, 6.07) is 0. The summed E-state index contributed by atoms with van der Waals surface area (Å²) < 4.78 is 10.3. The second kappa shape index (κ2) is 3.07. The van der Waals surface area contributed by atoms with E-state index in [1.165, 1.54) is 0 Å². The quantitative estimate of drug-likeness (QED) is 0.599. The minimum atomic E-state index is -0.640. The Kier molecular flexibility index (Phi) is 2.31. The van der Waals surface area contributed by atoms with Gasteiger partial charge in [-0.05, 0) is 12.2 Å². The lowest BCUT2D eigenvalue weighted by molar-refractivity contribution is -0.169. The maximum atomic E-state index is 5.61. The van der Waals surface area contributed by atoms with Crippen molar-refractivity contribution in [3.63, 3.8) is 0 Å². The average Bonchev–Trinajstić information content (AvgIpc) is 2.04. The van der Waals surface area contributed by atoms with E-state index in [0.717, 1.165) is 5.70 Å². The SMILES string of the molecule is COC1(OC)C=CC=C(N)C1. The van der Waals surface area contributed by atoms with Crippen molar-refractivity contribution in [2.45, 2.75) is 12.2 Å². The second-order valence-corrected chi connectivity index (χ2v) is 2.50. The van der Waals surface area contributed by atoms with Gasteiger partial charge in [0.05, 0.1) is 0 Å². The number of hydrogen-bond acceptors (Lipinski definition) is 3. The van der Waals surface area contributed by atoms with Gasteiger partial charge < -0.3 is 15.2 Å². The van der Waals surface area contributed by atoms with Gasteiger partial charge in [-0.15, -0.1) is 0 Å². The van der Waals surface area contributed by atoms with Crippen molar-refractivity contribution in [1.29, 1.82) is 0 Å². The molecule has 0 aromatic carbocycles.